The number of esters is 1. The Kier molecular flexibility index (Phi) is 7.87. The van der Waals surface area contributed by atoms with E-state index in [0.717, 1.165) is 20.4 Å². The van der Waals surface area contributed by atoms with Crippen LogP contribution < -0.4 is 0 Å². The van der Waals surface area contributed by atoms with E-state index < -0.39 is 27.9 Å². The number of rotatable bonds is 7. The topological polar surface area (TPSA) is 81.5 Å². The van der Waals surface area contributed by atoms with Crippen LogP contribution in [0, 0.1) is 0 Å². The first kappa shape index (κ1) is 28.3. The van der Waals surface area contributed by atoms with Gasteiger partial charge in [0.2, 0.25) is 0 Å². The number of benzene rings is 3. The third-order valence-corrected chi connectivity index (χ3v) is 7.78. The lowest BCUT2D eigenvalue weighted by Crippen LogP contribution is -2.30. The maximum absolute atomic E-state index is 13.7. The highest BCUT2D eigenvalue weighted by molar-refractivity contribution is 7.87. The molecule has 0 unspecified atom stereocenters. The number of carbonyl (C=O) groups is 1. The van der Waals surface area contributed by atoms with E-state index >= 15 is 0 Å². The molecule has 0 spiro atoms. The van der Waals surface area contributed by atoms with Crippen molar-refractivity contribution in [1.82, 2.24) is 13.3 Å². The van der Waals surface area contributed by atoms with Crippen molar-refractivity contribution in [1.29, 1.82) is 0 Å². The van der Waals surface area contributed by atoms with Gasteiger partial charge in [-0.2, -0.15) is 25.9 Å². The highest BCUT2D eigenvalue weighted by Gasteiger charge is 2.32. The SMILES string of the molecule is CCOC(=O)c1ccc(-c2nc(-c3ccc(C(F)(F)F)cc3)c(-c3ccc(Cl)cc3)n2S(=O)(=O)N(C)C)cc1. The second kappa shape index (κ2) is 10.8. The van der Waals surface area contributed by atoms with Crippen LogP contribution >= 0.6 is 11.6 Å². The number of halogens is 4. The van der Waals surface area contributed by atoms with E-state index in [1.165, 1.54) is 50.5 Å². The Morgan fingerprint density at radius 1 is 0.923 bits per heavy atom. The number of nitrogens with zero attached hydrogens (tertiary/aromatic N) is 3. The van der Waals surface area contributed by atoms with E-state index in [-0.39, 0.29) is 34.9 Å². The van der Waals surface area contributed by atoms with Gasteiger partial charge in [0.15, 0.2) is 5.82 Å². The summed E-state index contributed by atoms with van der Waals surface area (Å²) in [6, 6.07) is 16.7. The summed E-state index contributed by atoms with van der Waals surface area (Å²) in [6.07, 6.45) is -4.54. The average Bonchev–Trinajstić information content (AvgIpc) is 3.30. The van der Waals surface area contributed by atoms with Gasteiger partial charge >= 0.3 is 22.4 Å². The van der Waals surface area contributed by atoms with Crippen LogP contribution in [0.2, 0.25) is 5.02 Å². The molecule has 0 saturated heterocycles. The summed E-state index contributed by atoms with van der Waals surface area (Å²) in [5.41, 5.74) is 0.712. The zero-order valence-electron chi connectivity index (χ0n) is 21.0. The van der Waals surface area contributed by atoms with Gasteiger partial charge in [-0.3, -0.25) is 0 Å². The molecule has 0 fully saturated rings. The van der Waals surface area contributed by atoms with E-state index in [4.69, 9.17) is 16.3 Å². The molecule has 7 nitrogen and oxygen atoms in total. The lowest BCUT2D eigenvalue weighted by atomic mass is 10.0. The Morgan fingerprint density at radius 3 is 1.97 bits per heavy atom. The minimum atomic E-state index is -4.54. The van der Waals surface area contributed by atoms with Gasteiger partial charge in [0.1, 0.15) is 0 Å². The Balaban J connectivity index is 2.03. The molecule has 0 atom stereocenters. The number of imidazole rings is 1. The summed E-state index contributed by atoms with van der Waals surface area (Å²) in [6.45, 7) is 1.86. The number of aromatic nitrogens is 2. The molecular formula is C27H23ClF3N3O4S. The van der Waals surface area contributed by atoms with E-state index in [0.29, 0.717) is 16.1 Å². The fourth-order valence-corrected chi connectivity index (χ4v) is 5.07. The second-order valence-electron chi connectivity index (χ2n) is 8.57. The van der Waals surface area contributed by atoms with Gasteiger partial charge in [-0.25, -0.2) is 13.8 Å². The van der Waals surface area contributed by atoms with Gasteiger partial charge in [-0.15, -0.1) is 0 Å². The molecule has 0 aliphatic rings. The van der Waals surface area contributed by atoms with Gasteiger partial charge in [0.25, 0.3) is 0 Å². The molecular weight excluding hydrogens is 555 g/mol. The number of ether oxygens (including phenoxy) is 1. The lowest BCUT2D eigenvalue weighted by Gasteiger charge is -2.18. The summed E-state index contributed by atoms with van der Waals surface area (Å²) in [5, 5.41) is 0.408. The molecule has 0 radical (unpaired) electrons. The van der Waals surface area contributed by atoms with Crippen LogP contribution in [0.5, 0.6) is 0 Å². The second-order valence-corrected chi connectivity index (χ2v) is 11.0. The van der Waals surface area contributed by atoms with Gasteiger partial charge in [0, 0.05) is 35.8 Å². The van der Waals surface area contributed by atoms with E-state index in [9.17, 15) is 26.4 Å². The predicted octanol–water partition coefficient (Wildman–Crippen LogP) is 6.39. The Hall–Kier alpha value is -3.67. The van der Waals surface area contributed by atoms with Gasteiger partial charge in [-0.05, 0) is 43.3 Å². The number of hydrogen-bond acceptors (Lipinski definition) is 5. The maximum atomic E-state index is 13.7. The molecule has 0 bridgehead atoms. The van der Waals surface area contributed by atoms with Crippen molar-refractivity contribution in [3.63, 3.8) is 0 Å². The first-order chi connectivity index (χ1) is 18.3. The third-order valence-electron chi connectivity index (χ3n) is 5.79. The summed E-state index contributed by atoms with van der Waals surface area (Å²) in [7, 11) is -1.51. The fourth-order valence-electron chi connectivity index (χ4n) is 3.83. The monoisotopic (exact) mass is 577 g/mol. The molecule has 1 heterocycles. The first-order valence-electron chi connectivity index (χ1n) is 11.6. The minimum absolute atomic E-state index is 0.000966. The molecule has 0 amide bonds. The summed E-state index contributed by atoms with van der Waals surface area (Å²) >= 11 is 6.07. The van der Waals surface area contributed by atoms with Gasteiger partial charge in [-0.1, -0.05) is 48.0 Å². The Bertz CT molecular complexity index is 1600. The van der Waals surface area contributed by atoms with E-state index in [1.807, 2.05) is 0 Å². The highest BCUT2D eigenvalue weighted by atomic mass is 35.5. The van der Waals surface area contributed by atoms with Gasteiger partial charge < -0.3 is 4.74 Å². The van der Waals surface area contributed by atoms with Crippen LogP contribution in [0.4, 0.5) is 13.2 Å². The number of carbonyl (C=O) groups excluding carboxylic acids is 1. The zero-order chi connectivity index (χ0) is 28.5. The molecule has 39 heavy (non-hydrogen) atoms. The maximum Gasteiger partial charge on any atom is 0.416 e. The van der Waals surface area contributed by atoms with Crippen LogP contribution in [0.1, 0.15) is 22.8 Å². The van der Waals surface area contributed by atoms with Crippen molar-refractivity contribution >= 4 is 27.8 Å². The predicted molar refractivity (Wildman–Crippen MR) is 143 cm³/mol. The largest absolute Gasteiger partial charge is 0.462 e. The van der Waals surface area contributed by atoms with Crippen LogP contribution in [0.25, 0.3) is 33.9 Å². The van der Waals surface area contributed by atoms with E-state index in [1.54, 1.807) is 31.2 Å². The molecule has 4 rings (SSSR count). The van der Waals surface area contributed by atoms with Crippen LogP contribution in [0.15, 0.2) is 72.8 Å². The number of hydrogen-bond donors (Lipinski definition) is 0. The number of alkyl halides is 3. The first-order valence-corrected chi connectivity index (χ1v) is 13.4. The van der Waals surface area contributed by atoms with Crippen LogP contribution in [0.3, 0.4) is 0 Å². The van der Waals surface area contributed by atoms with Gasteiger partial charge in [0.05, 0.1) is 29.1 Å². The van der Waals surface area contributed by atoms with E-state index in [2.05, 4.69) is 4.98 Å². The molecule has 12 heteroatoms. The fraction of sp³-hybridized carbons (Fsp3) is 0.185. The molecule has 204 valence electrons. The molecule has 0 N–H and O–H groups in total. The Labute approximate surface area is 228 Å². The Morgan fingerprint density at radius 2 is 1.46 bits per heavy atom. The van der Waals surface area contributed by atoms with Crippen LogP contribution in [-0.4, -0.2) is 48.4 Å². The zero-order valence-corrected chi connectivity index (χ0v) is 22.6. The average molecular weight is 578 g/mol. The van der Waals surface area contributed by atoms with Crippen molar-refractivity contribution in [3.05, 3.63) is 88.9 Å². The van der Waals surface area contributed by atoms with Crippen molar-refractivity contribution in [3.8, 4) is 33.9 Å². The molecule has 3 aromatic carbocycles. The molecule has 0 saturated carbocycles. The molecule has 4 aromatic rings. The quantitative estimate of drug-likeness (QED) is 0.238. The summed E-state index contributed by atoms with van der Waals surface area (Å²) < 4.78 is 74.1. The molecule has 0 aliphatic carbocycles. The standard InChI is InChI=1S/C27H23ClF3N3O4S/c1-4-38-26(35)20-7-5-19(6-8-20)25-32-23(17-9-13-21(14-10-17)27(29,30)31)24(18-11-15-22(28)16-12-18)34(25)39(36,37)33(2)3/h5-16H,4H2,1-3H3. The third kappa shape index (κ3) is 5.70. The highest BCUT2D eigenvalue weighted by Crippen LogP contribution is 2.39. The summed E-state index contributed by atoms with van der Waals surface area (Å²) in [5.74, 6) is -0.542. The summed E-state index contributed by atoms with van der Waals surface area (Å²) in [4.78, 5) is 16.8. The molecule has 0 aliphatic heterocycles. The minimum Gasteiger partial charge on any atom is -0.462 e. The lowest BCUT2D eigenvalue weighted by molar-refractivity contribution is -0.137. The van der Waals surface area contributed by atoms with Crippen molar-refractivity contribution in [2.24, 2.45) is 0 Å². The molecule has 1 aromatic heterocycles. The van der Waals surface area contributed by atoms with Crippen molar-refractivity contribution < 1.29 is 31.1 Å². The smallest absolute Gasteiger partial charge is 0.416 e. The van der Waals surface area contributed by atoms with Crippen molar-refractivity contribution in [2.75, 3.05) is 20.7 Å². The normalized spacial score (nSPS) is 12.1. The van der Waals surface area contributed by atoms with Crippen molar-refractivity contribution in [2.45, 2.75) is 13.1 Å². The van der Waals surface area contributed by atoms with Crippen LogP contribution in [-0.2, 0) is 21.1 Å².